The van der Waals surface area contributed by atoms with E-state index in [-0.39, 0.29) is 12.5 Å². The van der Waals surface area contributed by atoms with Crippen molar-refractivity contribution in [2.75, 3.05) is 19.4 Å². The summed E-state index contributed by atoms with van der Waals surface area (Å²) in [5.41, 5.74) is 6.38. The molecule has 0 radical (unpaired) electrons. The Morgan fingerprint density at radius 2 is 2.24 bits per heavy atom. The van der Waals surface area contributed by atoms with Crippen molar-refractivity contribution in [2.45, 2.75) is 6.10 Å². The molecule has 1 atom stereocenters. The van der Waals surface area contributed by atoms with Gasteiger partial charge in [-0.15, -0.1) is 0 Å². The van der Waals surface area contributed by atoms with Crippen LogP contribution in [0.2, 0.25) is 0 Å². The van der Waals surface area contributed by atoms with Crippen molar-refractivity contribution in [3.05, 3.63) is 29.8 Å². The van der Waals surface area contributed by atoms with Crippen LogP contribution >= 0.6 is 0 Å². The van der Waals surface area contributed by atoms with Gasteiger partial charge in [-0.05, 0) is 18.2 Å². The van der Waals surface area contributed by atoms with E-state index in [4.69, 9.17) is 10.8 Å². The molecular weight excluding hydrogens is 224 g/mol. The number of methoxy groups -OCH3 is 1. The average Bonchev–Trinajstić information content (AvgIpc) is 2.29. The van der Waals surface area contributed by atoms with Crippen molar-refractivity contribution in [1.29, 1.82) is 0 Å². The number of nitrogens with one attached hydrogen (secondary N) is 1. The molecule has 0 spiro atoms. The molecule has 0 aliphatic heterocycles. The molecule has 0 saturated heterocycles. The number of carbonyl (C=O) groups excluding carboxylic acids is 1. The van der Waals surface area contributed by atoms with Crippen LogP contribution in [0.5, 0.6) is 0 Å². The maximum atomic E-state index is 11.6. The normalized spacial score (nSPS) is 11.8. The number of carboxylic acid groups (broad SMARTS) is 1. The molecule has 1 unspecified atom stereocenters. The predicted molar refractivity (Wildman–Crippen MR) is 61.6 cm³/mol. The monoisotopic (exact) mass is 238 g/mol. The van der Waals surface area contributed by atoms with Crippen molar-refractivity contribution in [1.82, 2.24) is 5.32 Å². The average molecular weight is 238 g/mol. The van der Waals surface area contributed by atoms with Crippen molar-refractivity contribution in [3.8, 4) is 0 Å². The van der Waals surface area contributed by atoms with Crippen LogP contribution in [0.4, 0.5) is 5.69 Å². The molecule has 0 fully saturated rings. The van der Waals surface area contributed by atoms with Gasteiger partial charge in [-0.3, -0.25) is 4.79 Å². The number of hydrogen-bond acceptors (Lipinski definition) is 4. The van der Waals surface area contributed by atoms with Gasteiger partial charge in [-0.25, -0.2) is 4.79 Å². The highest BCUT2D eigenvalue weighted by molar-refractivity contribution is 5.95. The number of ether oxygens (including phenoxy) is 1. The lowest BCUT2D eigenvalue weighted by molar-refractivity contribution is -0.148. The zero-order chi connectivity index (χ0) is 12.8. The molecule has 0 bridgehead atoms. The third-order valence-electron chi connectivity index (χ3n) is 2.16. The fraction of sp³-hybridized carbons (Fsp3) is 0.273. The molecule has 6 heteroatoms. The van der Waals surface area contributed by atoms with E-state index in [9.17, 15) is 9.59 Å². The first kappa shape index (κ1) is 13.0. The maximum absolute atomic E-state index is 11.6. The predicted octanol–water partition coefficient (Wildman–Crippen LogP) is 0.0982. The van der Waals surface area contributed by atoms with Gasteiger partial charge in [0.05, 0.1) is 6.54 Å². The smallest absolute Gasteiger partial charge is 0.334 e. The number of rotatable bonds is 5. The summed E-state index contributed by atoms with van der Waals surface area (Å²) in [6.07, 6.45) is -1.06. The van der Waals surface area contributed by atoms with Crippen LogP contribution in [0.15, 0.2) is 24.3 Å². The molecule has 1 aromatic rings. The van der Waals surface area contributed by atoms with Crippen LogP contribution in [0, 0.1) is 0 Å². The highest BCUT2D eigenvalue weighted by Crippen LogP contribution is 2.06. The van der Waals surface area contributed by atoms with Gasteiger partial charge >= 0.3 is 5.97 Å². The molecule has 6 nitrogen and oxygen atoms in total. The van der Waals surface area contributed by atoms with E-state index in [1.54, 1.807) is 18.2 Å². The number of benzene rings is 1. The van der Waals surface area contributed by atoms with E-state index >= 15 is 0 Å². The van der Waals surface area contributed by atoms with E-state index in [1.807, 2.05) is 0 Å². The molecule has 0 aromatic heterocycles. The zero-order valence-electron chi connectivity index (χ0n) is 9.34. The Kier molecular flexibility index (Phi) is 4.47. The Morgan fingerprint density at radius 1 is 1.53 bits per heavy atom. The summed E-state index contributed by atoms with van der Waals surface area (Å²) in [5, 5.41) is 11.2. The number of anilines is 1. The molecule has 1 aromatic carbocycles. The summed E-state index contributed by atoms with van der Waals surface area (Å²) in [4.78, 5) is 22.3. The Labute approximate surface area is 98.4 Å². The number of nitrogen functional groups attached to an aromatic ring is 1. The lowest BCUT2D eigenvalue weighted by Crippen LogP contribution is -2.37. The molecule has 92 valence electrons. The third-order valence-corrected chi connectivity index (χ3v) is 2.16. The lowest BCUT2D eigenvalue weighted by Gasteiger charge is -2.11. The summed E-state index contributed by atoms with van der Waals surface area (Å²) in [5.74, 6) is -1.51. The summed E-state index contributed by atoms with van der Waals surface area (Å²) >= 11 is 0. The number of aliphatic carboxylic acids is 1. The molecule has 0 saturated carbocycles. The van der Waals surface area contributed by atoms with Crippen molar-refractivity contribution in [3.63, 3.8) is 0 Å². The molecular formula is C11H14N2O4. The highest BCUT2D eigenvalue weighted by atomic mass is 16.5. The lowest BCUT2D eigenvalue weighted by atomic mass is 10.2. The first-order valence-electron chi connectivity index (χ1n) is 4.94. The van der Waals surface area contributed by atoms with E-state index in [2.05, 4.69) is 10.1 Å². The Bertz CT molecular complexity index is 420. The first-order chi connectivity index (χ1) is 8.04. The van der Waals surface area contributed by atoms with Crippen molar-refractivity contribution < 1.29 is 19.4 Å². The zero-order valence-corrected chi connectivity index (χ0v) is 9.34. The van der Waals surface area contributed by atoms with Gasteiger partial charge in [-0.2, -0.15) is 0 Å². The number of nitrogens with two attached hydrogens (primary N) is 1. The minimum Gasteiger partial charge on any atom is -0.479 e. The summed E-state index contributed by atoms with van der Waals surface area (Å²) in [6, 6.07) is 6.41. The number of hydrogen-bond donors (Lipinski definition) is 3. The largest absolute Gasteiger partial charge is 0.479 e. The topological polar surface area (TPSA) is 102 Å². The quantitative estimate of drug-likeness (QED) is 0.631. The van der Waals surface area contributed by atoms with Crippen LogP contribution in [-0.4, -0.2) is 36.7 Å². The Morgan fingerprint density at radius 3 is 2.76 bits per heavy atom. The summed E-state index contributed by atoms with van der Waals surface area (Å²) in [7, 11) is 1.27. The van der Waals surface area contributed by atoms with E-state index < -0.39 is 12.1 Å². The summed E-state index contributed by atoms with van der Waals surface area (Å²) < 4.78 is 4.68. The third kappa shape index (κ3) is 3.76. The van der Waals surface area contributed by atoms with Crippen LogP contribution in [0.25, 0.3) is 0 Å². The van der Waals surface area contributed by atoms with Gasteiger partial charge in [0.1, 0.15) is 0 Å². The van der Waals surface area contributed by atoms with Crippen LogP contribution in [0.1, 0.15) is 10.4 Å². The van der Waals surface area contributed by atoms with Gasteiger partial charge in [0.2, 0.25) is 0 Å². The number of amides is 1. The summed E-state index contributed by atoms with van der Waals surface area (Å²) in [6.45, 7) is -0.0978. The second-order valence-electron chi connectivity index (χ2n) is 3.40. The van der Waals surface area contributed by atoms with Crippen LogP contribution in [0.3, 0.4) is 0 Å². The second-order valence-corrected chi connectivity index (χ2v) is 3.40. The van der Waals surface area contributed by atoms with Gasteiger partial charge in [0.25, 0.3) is 5.91 Å². The van der Waals surface area contributed by atoms with Crippen molar-refractivity contribution in [2.24, 2.45) is 0 Å². The van der Waals surface area contributed by atoms with E-state index in [1.165, 1.54) is 13.2 Å². The minimum absolute atomic E-state index is 0.0978. The minimum atomic E-state index is -1.12. The molecule has 4 N–H and O–H groups in total. The van der Waals surface area contributed by atoms with Crippen LogP contribution < -0.4 is 11.1 Å². The van der Waals surface area contributed by atoms with E-state index in [0.717, 1.165) is 0 Å². The Balaban J connectivity index is 2.58. The SMILES string of the molecule is COC(CNC(=O)c1cccc(N)c1)C(=O)O. The molecule has 1 rings (SSSR count). The second kappa shape index (κ2) is 5.86. The molecule has 17 heavy (non-hydrogen) atoms. The molecule has 0 aliphatic rings. The van der Waals surface area contributed by atoms with Crippen molar-refractivity contribution >= 4 is 17.6 Å². The first-order valence-corrected chi connectivity index (χ1v) is 4.94. The Hall–Kier alpha value is -2.08. The highest BCUT2D eigenvalue weighted by Gasteiger charge is 2.17. The number of carbonyl (C=O) groups is 2. The molecule has 0 aliphatic carbocycles. The van der Waals surface area contributed by atoms with E-state index in [0.29, 0.717) is 11.3 Å². The van der Waals surface area contributed by atoms with Crippen LogP contribution in [-0.2, 0) is 9.53 Å². The fourth-order valence-electron chi connectivity index (χ4n) is 1.24. The van der Waals surface area contributed by atoms with Gasteiger partial charge < -0.3 is 20.9 Å². The fourth-order valence-corrected chi connectivity index (χ4v) is 1.24. The number of carboxylic acids is 1. The molecule has 1 amide bonds. The van der Waals surface area contributed by atoms with Gasteiger partial charge in [0, 0.05) is 18.4 Å². The molecule has 0 heterocycles. The van der Waals surface area contributed by atoms with Gasteiger partial charge in [0.15, 0.2) is 6.10 Å². The van der Waals surface area contributed by atoms with Gasteiger partial charge in [-0.1, -0.05) is 6.07 Å². The maximum Gasteiger partial charge on any atom is 0.334 e. The standard InChI is InChI=1S/C11H14N2O4/c1-17-9(11(15)16)6-13-10(14)7-3-2-4-8(12)5-7/h2-5,9H,6,12H2,1H3,(H,13,14)(H,15,16).